The van der Waals surface area contributed by atoms with Gasteiger partial charge in [0.05, 0.1) is 25.2 Å². The highest BCUT2D eigenvalue weighted by Crippen LogP contribution is 2.34. The van der Waals surface area contributed by atoms with E-state index in [-0.39, 0.29) is 11.8 Å². The van der Waals surface area contributed by atoms with E-state index in [2.05, 4.69) is 5.32 Å². The highest BCUT2D eigenvalue weighted by Gasteiger charge is 2.32. The van der Waals surface area contributed by atoms with Gasteiger partial charge in [0, 0.05) is 18.2 Å². The Labute approximate surface area is 153 Å². The molecular weight excluding hydrogens is 368 g/mol. The van der Waals surface area contributed by atoms with E-state index in [1.807, 2.05) is 0 Å². The summed E-state index contributed by atoms with van der Waals surface area (Å²) >= 11 is 6.01. The summed E-state index contributed by atoms with van der Waals surface area (Å²) in [6, 6.07) is 3.65. The highest BCUT2D eigenvalue weighted by atomic mass is 35.5. The predicted octanol–water partition coefficient (Wildman–Crippen LogP) is 1.80. The number of methoxy groups -OCH3 is 1. The molecule has 9 heteroatoms. The van der Waals surface area contributed by atoms with E-state index in [9.17, 15) is 13.2 Å². The van der Waals surface area contributed by atoms with Crippen LogP contribution in [0, 0.1) is 0 Å². The standard InChI is InChI=1S/C16H23ClN2O5S/c1-11(16(20)18-10-13-5-4-8-24-13)19(25(3,21)22)14-9-12(17)6-7-15(14)23-2/h6-7,9,11,13H,4-5,8,10H2,1-3H3,(H,18,20)/t11-,13+/m0/s1. The first-order valence-electron chi connectivity index (χ1n) is 7.96. The Kier molecular flexibility index (Phi) is 6.53. The van der Waals surface area contributed by atoms with Gasteiger partial charge in [0.1, 0.15) is 11.8 Å². The van der Waals surface area contributed by atoms with Gasteiger partial charge in [0.25, 0.3) is 0 Å². The predicted molar refractivity (Wildman–Crippen MR) is 96.8 cm³/mol. The number of ether oxygens (including phenoxy) is 2. The lowest BCUT2D eigenvalue weighted by molar-refractivity contribution is -0.122. The molecule has 1 aliphatic rings. The second-order valence-electron chi connectivity index (χ2n) is 5.93. The quantitative estimate of drug-likeness (QED) is 0.767. The summed E-state index contributed by atoms with van der Waals surface area (Å²) in [7, 11) is -2.32. The molecule has 0 saturated carbocycles. The van der Waals surface area contributed by atoms with Crippen LogP contribution in [0.15, 0.2) is 18.2 Å². The first kappa shape index (κ1) is 19.8. The number of nitrogens with zero attached hydrogens (tertiary/aromatic N) is 1. The van der Waals surface area contributed by atoms with Crippen LogP contribution in [-0.2, 0) is 19.6 Å². The Morgan fingerprint density at radius 2 is 2.24 bits per heavy atom. The second kappa shape index (κ2) is 8.25. The minimum absolute atomic E-state index is 0.0245. The van der Waals surface area contributed by atoms with Crippen molar-refractivity contribution in [2.24, 2.45) is 0 Å². The van der Waals surface area contributed by atoms with E-state index >= 15 is 0 Å². The lowest BCUT2D eigenvalue weighted by Crippen LogP contribution is -2.49. The minimum atomic E-state index is -3.75. The Balaban J connectivity index is 2.25. The van der Waals surface area contributed by atoms with Crippen molar-refractivity contribution in [1.29, 1.82) is 0 Å². The van der Waals surface area contributed by atoms with E-state index in [1.165, 1.54) is 20.1 Å². The third-order valence-corrected chi connectivity index (χ3v) is 5.46. The van der Waals surface area contributed by atoms with Crippen LogP contribution in [0.25, 0.3) is 0 Å². The van der Waals surface area contributed by atoms with Gasteiger partial charge < -0.3 is 14.8 Å². The monoisotopic (exact) mass is 390 g/mol. The Bertz CT molecular complexity index is 719. The molecule has 1 aliphatic heterocycles. The molecule has 1 N–H and O–H groups in total. The summed E-state index contributed by atoms with van der Waals surface area (Å²) in [6.07, 6.45) is 2.86. The molecule has 1 aromatic rings. The third-order valence-electron chi connectivity index (χ3n) is 3.99. The molecular formula is C16H23ClN2O5S. The van der Waals surface area contributed by atoms with Gasteiger partial charge in [-0.05, 0) is 38.0 Å². The van der Waals surface area contributed by atoms with Crippen molar-refractivity contribution in [1.82, 2.24) is 5.32 Å². The van der Waals surface area contributed by atoms with E-state index < -0.39 is 22.0 Å². The lowest BCUT2D eigenvalue weighted by Gasteiger charge is -2.29. The molecule has 2 atom stereocenters. The summed E-state index contributed by atoms with van der Waals surface area (Å²) in [5, 5.41) is 3.10. The number of sulfonamides is 1. The van der Waals surface area contributed by atoms with Gasteiger partial charge in [0.15, 0.2) is 0 Å². The van der Waals surface area contributed by atoms with E-state index in [1.54, 1.807) is 12.1 Å². The van der Waals surface area contributed by atoms with Crippen LogP contribution in [0.1, 0.15) is 19.8 Å². The smallest absolute Gasteiger partial charge is 0.243 e. The fraction of sp³-hybridized carbons (Fsp3) is 0.562. The second-order valence-corrected chi connectivity index (χ2v) is 8.23. The zero-order valence-corrected chi connectivity index (χ0v) is 16.1. The van der Waals surface area contributed by atoms with Gasteiger partial charge >= 0.3 is 0 Å². The minimum Gasteiger partial charge on any atom is -0.495 e. The van der Waals surface area contributed by atoms with Crippen LogP contribution in [0.5, 0.6) is 5.75 Å². The molecule has 25 heavy (non-hydrogen) atoms. The van der Waals surface area contributed by atoms with Crippen molar-refractivity contribution in [3.05, 3.63) is 23.2 Å². The number of carbonyl (C=O) groups excluding carboxylic acids is 1. The zero-order chi connectivity index (χ0) is 18.6. The topological polar surface area (TPSA) is 84.9 Å². The largest absolute Gasteiger partial charge is 0.495 e. The van der Waals surface area contributed by atoms with Gasteiger partial charge in [0.2, 0.25) is 15.9 Å². The van der Waals surface area contributed by atoms with Crippen molar-refractivity contribution in [3.8, 4) is 5.75 Å². The van der Waals surface area contributed by atoms with Crippen LogP contribution >= 0.6 is 11.6 Å². The Morgan fingerprint density at radius 1 is 1.52 bits per heavy atom. The van der Waals surface area contributed by atoms with Gasteiger partial charge in [-0.2, -0.15) is 0 Å². The number of amides is 1. The molecule has 1 amide bonds. The molecule has 0 unspecified atom stereocenters. The number of carbonyl (C=O) groups is 1. The SMILES string of the molecule is COc1ccc(Cl)cc1N([C@@H](C)C(=O)NC[C@H]1CCCO1)S(C)(=O)=O. The average Bonchev–Trinajstić information content (AvgIpc) is 3.05. The molecule has 1 fully saturated rings. The van der Waals surface area contributed by atoms with Crippen LogP contribution in [-0.4, -0.2) is 53.0 Å². The molecule has 0 bridgehead atoms. The molecule has 1 heterocycles. The molecule has 0 aliphatic carbocycles. The van der Waals surface area contributed by atoms with E-state index in [0.29, 0.717) is 23.9 Å². The molecule has 140 valence electrons. The van der Waals surface area contributed by atoms with Crippen molar-refractivity contribution < 1.29 is 22.7 Å². The maximum absolute atomic E-state index is 12.5. The number of rotatable bonds is 7. The van der Waals surface area contributed by atoms with Crippen molar-refractivity contribution in [3.63, 3.8) is 0 Å². The van der Waals surface area contributed by atoms with Crippen LogP contribution < -0.4 is 14.4 Å². The fourth-order valence-electron chi connectivity index (χ4n) is 2.78. The summed E-state index contributed by atoms with van der Waals surface area (Å²) < 4.78 is 36.4. The van der Waals surface area contributed by atoms with Crippen molar-refractivity contribution in [2.45, 2.75) is 31.9 Å². The number of halogens is 1. The number of hydrogen-bond donors (Lipinski definition) is 1. The van der Waals surface area contributed by atoms with Gasteiger partial charge in [-0.15, -0.1) is 0 Å². The number of hydrogen-bond acceptors (Lipinski definition) is 5. The maximum atomic E-state index is 12.5. The Hall–Kier alpha value is -1.51. The van der Waals surface area contributed by atoms with Crippen LogP contribution in [0.3, 0.4) is 0 Å². The summed E-state index contributed by atoms with van der Waals surface area (Å²) in [6.45, 7) is 2.56. The summed E-state index contributed by atoms with van der Waals surface area (Å²) in [4.78, 5) is 12.5. The molecule has 2 rings (SSSR count). The number of nitrogens with one attached hydrogen (secondary N) is 1. The van der Waals surface area contributed by atoms with E-state index in [4.69, 9.17) is 21.1 Å². The van der Waals surface area contributed by atoms with Crippen LogP contribution in [0.4, 0.5) is 5.69 Å². The zero-order valence-electron chi connectivity index (χ0n) is 14.5. The van der Waals surface area contributed by atoms with Gasteiger partial charge in [-0.1, -0.05) is 11.6 Å². The maximum Gasteiger partial charge on any atom is 0.243 e. The van der Waals surface area contributed by atoms with Crippen molar-refractivity contribution >= 4 is 33.2 Å². The fourth-order valence-corrected chi connectivity index (χ4v) is 4.12. The third kappa shape index (κ3) is 4.99. The highest BCUT2D eigenvalue weighted by molar-refractivity contribution is 7.92. The van der Waals surface area contributed by atoms with E-state index in [0.717, 1.165) is 23.4 Å². The first-order chi connectivity index (χ1) is 11.7. The average molecular weight is 391 g/mol. The summed E-state index contributed by atoms with van der Waals surface area (Å²) in [5.41, 5.74) is 0.220. The molecule has 0 spiro atoms. The van der Waals surface area contributed by atoms with Gasteiger partial charge in [-0.25, -0.2) is 8.42 Å². The summed E-state index contributed by atoms with van der Waals surface area (Å²) in [5.74, 6) is -0.100. The first-order valence-corrected chi connectivity index (χ1v) is 10.2. The molecule has 1 saturated heterocycles. The lowest BCUT2D eigenvalue weighted by atomic mass is 10.2. The normalized spacial score (nSPS) is 18.6. The molecule has 7 nitrogen and oxygen atoms in total. The molecule has 1 aromatic carbocycles. The number of anilines is 1. The van der Waals surface area contributed by atoms with Crippen molar-refractivity contribution in [2.75, 3.05) is 30.8 Å². The number of benzene rings is 1. The molecule has 0 radical (unpaired) electrons. The van der Waals surface area contributed by atoms with Crippen LogP contribution in [0.2, 0.25) is 5.02 Å². The molecule has 0 aromatic heterocycles. The van der Waals surface area contributed by atoms with Gasteiger partial charge in [-0.3, -0.25) is 9.10 Å². The Morgan fingerprint density at radius 3 is 2.80 bits per heavy atom.